The second-order valence-corrected chi connectivity index (χ2v) is 6.29. The number of piperidine rings is 1. The van der Waals surface area contributed by atoms with Crippen LogP contribution in [-0.2, 0) is 9.53 Å². The highest BCUT2D eigenvalue weighted by molar-refractivity contribution is 7.18. The standard InChI is InChI=1S/C14H17N3O2S/c1-9-7-11-12(15-8-16-13(11)20-9)17-5-3-10(4-6-17)14(18)19-2/h7-8,10H,3-6H2,1-2H3. The fourth-order valence-corrected chi connectivity index (χ4v) is 3.55. The zero-order chi connectivity index (χ0) is 14.1. The average Bonchev–Trinajstić information content (AvgIpc) is 2.86. The summed E-state index contributed by atoms with van der Waals surface area (Å²) < 4.78 is 4.82. The van der Waals surface area contributed by atoms with E-state index in [0.29, 0.717) is 0 Å². The molecule has 1 fully saturated rings. The van der Waals surface area contributed by atoms with Crippen molar-refractivity contribution in [2.75, 3.05) is 25.1 Å². The molecule has 1 saturated heterocycles. The van der Waals surface area contributed by atoms with Crippen LogP contribution < -0.4 is 4.90 Å². The zero-order valence-corrected chi connectivity index (χ0v) is 12.4. The number of methoxy groups -OCH3 is 1. The predicted octanol–water partition coefficient (Wildman–Crippen LogP) is 2.39. The molecule has 106 valence electrons. The summed E-state index contributed by atoms with van der Waals surface area (Å²) in [6, 6.07) is 2.14. The van der Waals surface area contributed by atoms with Crippen molar-refractivity contribution in [3.8, 4) is 0 Å². The second kappa shape index (κ2) is 5.36. The van der Waals surface area contributed by atoms with Crippen molar-refractivity contribution >= 4 is 33.3 Å². The minimum atomic E-state index is -0.0936. The van der Waals surface area contributed by atoms with Crippen LogP contribution in [0.2, 0.25) is 0 Å². The third-order valence-electron chi connectivity index (χ3n) is 3.76. The minimum Gasteiger partial charge on any atom is -0.469 e. The normalized spacial score (nSPS) is 16.6. The van der Waals surface area contributed by atoms with Gasteiger partial charge in [-0.05, 0) is 25.8 Å². The summed E-state index contributed by atoms with van der Waals surface area (Å²) in [5.74, 6) is 0.921. The first kappa shape index (κ1) is 13.3. The first-order valence-corrected chi connectivity index (χ1v) is 7.54. The molecular formula is C14H17N3O2S. The lowest BCUT2D eigenvalue weighted by atomic mass is 9.97. The molecule has 3 rings (SSSR count). The van der Waals surface area contributed by atoms with Gasteiger partial charge in [0.05, 0.1) is 18.4 Å². The Hall–Kier alpha value is -1.69. The molecule has 2 aromatic rings. The SMILES string of the molecule is COC(=O)C1CCN(c2ncnc3sc(C)cc23)CC1. The molecule has 0 spiro atoms. The molecule has 2 aromatic heterocycles. The number of esters is 1. The first-order valence-electron chi connectivity index (χ1n) is 6.73. The highest BCUT2D eigenvalue weighted by Gasteiger charge is 2.27. The molecule has 0 aromatic carbocycles. The van der Waals surface area contributed by atoms with Gasteiger partial charge < -0.3 is 9.64 Å². The van der Waals surface area contributed by atoms with Crippen LogP contribution in [-0.4, -0.2) is 36.1 Å². The second-order valence-electron chi connectivity index (χ2n) is 5.06. The van der Waals surface area contributed by atoms with Crippen LogP contribution in [0.25, 0.3) is 10.2 Å². The number of hydrogen-bond donors (Lipinski definition) is 0. The van der Waals surface area contributed by atoms with Crippen LogP contribution in [0.5, 0.6) is 0 Å². The fraction of sp³-hybridized carbons (Fsp3) is 0.500. The molecule has 0 radical (unpaired) electrons. The third-order valence-corrected chi connectivity index (χ3v) is 4.72. The maximum Gasteiger partial charge on any atom is 0.308 e. The lowest BCUT2D eigenvalue weighted by molar-refractivity contribution is -0.146. The van der Waals surface area contributed by atoms with Gasteiger partial charge in [-0.1, -0.05) is 0 Å². The maximum atomic E-state index is 11.6. The number of rotatable bonds is 2. The summed E-state index contributed by atoms with van der Waals surface area (Å²) in [5.41, 5.74) is 0. The van der Waals surface area contributed by atoms with E-state index in [1.165, 1.54) is 12.0 Å². The fourth-order valence-electron chi connectivity index (χ4n) is 2.71. The van der Waals surface area contributed by atoms with E-state index in [2.05, 4.69) is 27.9 Å². The summed E-state index contributed by atoms with van der Waals surface area (Å²) >= 11 is 1.69. The number of thiophene rings is 1. The first-order chi connectivity index (χ1) is 9.69. The lowest BCUT2D eigenvalue weighted by Gasteiger charge is -2.31. The van der Waals surface area contributed by atoms with E-state index in [9.17, 15) is 4.79 Å². The van der Waals surface area contributed by atoms with E-state index < -0.39 is 0 Å². The van der Waals surface area contributed by atoms with Crippen molar-refractivity contribution in [2.24, 2.45) is 5.92 Å². The van der Waals surface area contributed by atoms with Crippen molar-refractivity contribution in [1.82, 2.24) is 9.97 Å². The van der Waals surface area contributed by atoms with Gasteiger partial charge >= 0.3 is 5.97 Å². The van der Waals surface area contributed by atoms with Crippen LogP contribution in [0.3, 0.4) is 0 Å². The number of aryl methyl sites for hydroxylation is 1. The summed E-state index contributed by atoms with van der Waals surface area (Å²) in [4.78, 5) is 24.8. The Balaban J connectivity index is 1.81. The van der Waals surface area contributed by atoms with Gasteiger partial charge in [-0.3, -0.25) is 4.79 Å². The largest absolute Gasteiger partial charge is 0.469 e. The van der Waals surface area contributed by atoms with Gasteiger partial charge in [0.2, 0.25) is 0 Å². The molecule has 6 heteroatoms. The number of carbonyl (C=O) groups is 1. The Kier molecular flexibility index (Phi) is 3.56. The number of aromatic nitrogens is 2. The monoisotopic (exact) mass is 291 g/mol. The molecule has 0 N–H and O–H groups in total. The van der Waals surface area contributed by atoms with Gasteiger partial charge in [0.25, 0.3) is 0 Å². The quantitative estimate of drug-likeness (QED) is 0.795. The molecule has 0 atom stereocenters. The van der Waals surface area contributed by atoms with E-state index in [0.717, 1.165) is 42.0 Å². The molecule has 1 aliphatic heterocycles. The Morgan fingerprint density at radius 3 is 2.85 bits per heavy atom. The molecule has 5 nitrogen and oxygen atoms in total. The molecule has 3 heterocycles. The van der Waals surface area contributed by atoms with Crippen molar-refractivity contribution < 1.29 is 9.53 Å². The van der Waals surface area contributed by atoms with E-state index in [1.54, 1.807) is 17.7 Å². The zero-order valence-electron chi connectivity index (χ0n) is 11.6. The minimum absolute atomic E-state index is 0.0257. The van der Waals surface area contributed by atoms with Crippen molar-refractivity contribution in [3.05, 3.63) is 17.3 Å². The smallest absolute Gasteiger partial charge is 0.308 e. The van der Waals surface area contributed by atoms with Gasteiger partial charge in [-0.2, -0.15) is 0 Å². The lowest BCUT2D eigenvalue weighted by Crippen LogP contribution is -2.37. The van der Waals surface area contributed by atoms with Crippen molar-refractivity contribution in [3.63, 3.8) is 0 Å². The van der Waals surface area contributed by atoms with Gasteiger partial charge in [0.15, 0.2) is 0 Å². The van der Waals surface area contributed by atoms with Crippen molar-refractivity contribution in [2.45, 2.75) is 19.8 Å². The van der Waals surface area contributed by atoms with Gasteiger partial charge in [0.1, 0.15) is 17.0 Å². The molecule has 0 bridgehead atoms. The molecule has 0 aliphatic carbocycles. The molecule has 1 aliphatic rings. The highest BCUT2D eigenvalue weighted by atomic mass is 32.1. The molecular weight excluding hydrogens is 274 g/mol. The average molecular weight is 291 g/mol. The Labute approximate surface area is 121 Å². The summed E-state index contributed by atoms with van der Waals surface area (Å²) in [6.07, 6.45) is 3.27. The Bertz CT molecular complexity index is 632. The summed E-state index contributed by atoms with van der Waals surface area (Å²) in [6.45, 7) is 3.75. The van der Waals surface area contributed by atoms with Crippen LogP contribution in [0.4, 0.5) is 5.82 Å². The molecule has 0 amide bonds. The van der Waals surface area contributed by atoms with Gasteiger partial charge in [0, 0.05) is 18.0 Å². The topological polar surface area (TPSA) is 55.3 Å². The predicted molar refractivity (Wildman–Crippen MR) is 79.1 cm³/mol. The van der Waals surface area contributed by atoms with Gasteiger partial charge in [-0.15, -0.1) is 11.3 Å². The highest BCUT2D eigenvalue weighted by Crippen LogP contribution is 2.32. The number of nitrogens with zero attached hydrogens (tertiary/aromatic N) is 3. The number of fused-ring (bicyclic) bond motifs is 1. The van der Waals surface area contributed by atoms with Crippen LogP contribution in [0, 0.1) is 12.8 Å². The van der Waals surface area contributed by atoms with Crippen LogP contribution >= 0.6 is 11.3 Å². The third kappa shape index (κ3) is 2.35. The van der Waals surface area contributed by atoms with Gasteiger partial charge in [-0.25, -0.2) is 9.97 Å². The molecule has 20 heavy (non-hydrogen) atoms. The molecule has 0 saturated carbocycles. The van der Waals surface area contributed by atoms with E-state index in [-0.39, 0.29) is 11.9 Å². The number of ether oxygens (including phenoxy) is 1. The molecule has 0 unspecified atom stereocenters. The van der Waals surface area contributed by atoms with Crippen LogP contribution in [0.1, 0.15) is 17.7 Å². The van der Waals surface area contributed by atoms with E-state index in [4.69, 9.17) is 4.74 Å². The maximum absolute atomic E-state index is 11.6. The van der Waals surface area contributed by atoms with Crippen LogP contribution in [0.15, 0.2) is 12.4 Å². The number of carbonyl (C=O) groups excluding carboxylic acids is 1. The Morgan fingerprint density at radius 1 is 1.40 bits per heavy atom. The van der Waals surface area contributed by atoms with E-state index >= 15 is 0 Å². The number of anilines is 1. The Morgan fingerprint density at radius 2 is 2.15 bits per heavy atom. The van der Waals surface area contributed by atoms with Crippen molar-refractivity contribution in [1.29, 1.82) is 0 Å². The summed E-state index contributed by atoms with van der Waals surface area (Å²) in [5, 5.41) is 1.12. The number of hydrogen-bond acceptors (Lipinski definition) is 6. The summed E-state index contributed by atoms with van der Waals surface area (Å²) in [7, 11) is 1.46. The van der Waals surface area contributed by atoms with E-state index in [1.807, 2.05) is 0 Å².